The molecule has 0 aliphatic carbocycles. The molecule has 6 heteroatoms. The SMILES string of the molecule is [CH2+]C(=O)C(F)(F)S(C)(=O)=O. The van der Waals surface area contributed by atoms with Gasteiger partial charge in [-0.3, -0.25) is 0 Å². The van der Waals surface area contributed by atoms with E-state index < -0.39 is 20.9 Å². The molecule has 10 heavy (non-hydrogen) atoms. The van der Waals surface area contributed by atoms with Crippen LogP contribution in [0.1, 0.15) is 0 Å². The van der Waals surface area contributed by atoms with Crippen LogP contribution in [-0.2, 0) is 14.6 Å². The molecule has 0 saturated carbocycles. The Labute approximate surface area is 57.0 Å². The summed E-state index contributed by atoms with van der Waals surface area (Å²) in [6.07, 6.45) is 0.274. The number of carbonyl (C=O) groups is 1. The molecule has 0 aromatic carbocycles. The van der Waals surface area contributed by atoms with E-state index in [-0.39, 0.29) is 6.26 Å². The van der Waals surface area contributed by atoms with Gasteiger partial charge in [0.05, 0.1) is 0 Å². The van der Waals surface area contributed by atoms with Crippen LogP contribution in [0.4, 0.5) is 8.78 Å². The van der Waals surface area contributed by atoms with Crippen LogP contribution >= 0.6 is 0 Å². The van der Waals surface area contributed by atoms with Gasteiger partial charge in [0.15, 0.2) is 0 Å². The van der Waals surface area contributed by atoms with Gasteiger partial charge in [0.1, 0.15) is 6.92 Å². The molecule has 0 atom stereocenters. The van der Waals surface area contributed by atoms with Crippen LogP contribution in [0.15, 0.2) is 0 Å². The highest BCUT2D eigenvalue weighted by atomic mass is 32.2. The van der Waals surface area contributed by atoms with E-state index in [1.807, 2.05) is 0 Å². The Morgan fingerprint density at radius 2 is 1.80 bits per heavy atom. The van der Waals surface area contributed by atoms with E-state index in [0.29, 0.717) is 0 Å². The smallest absolute Gasteiger partial charge is 0.235 e. The Kier molecular flexibility index (Phi) is 2.05. The number of carbonyl (C=O) groups excluding carboxylic acids is 1. The molecule has 0 rings (SSSR count). The molecule has 0 heterocycles. The third-order valence-corrected chi connectivity index (χ3v) is 1.95. The first-order valence-corrected chi connectivity index (χ1v) is 4.02. The van der Waals surface area contributed by atoms with Crippen molar-refractivity contribution in [1.29, 1.82) is 0 Å². The number of Topliss-reactive ketones (excluding diaryl/α,β-unsaturated/α-hetero) is 1. The summed E-state index contributed by atoms with van der Waals surface area (Å²) in [5, 5.41) is -4.34. The number of halogens is 2. The van der Waals surface area contributed by atoms with E-state index in [2.05, 4.69) is 6.92 Å². The highest BCUT2D eigenvalue weighted by molar-refractivity contribution is 7.92. The molecule has 0 N–H and O–H groups in total. The third-order valence-electron chi connectivity index (χ3n) is 0.790. The second-order valence-corrected chi connectivity index (χ2v) is 3.77. The lowest BCUT2D eigenvalue weighted by atomic mass is 10.5. The molecule has 0 aliphatic rings. The van der Waals surface area contributed by atoms with Gasteiger partial charge in [-0.15, -0.1) is 0 Å². The fourth-order valence-corrected chi connectivity index (χ4v) is 0.620. The predicted molar refractivity (Wildman–Crippen MR) is 30.2 cm³/mol. The molecule has 0 fully saturated rings. The van der Waals surface area contributed by atoms with Crippen LogP contribution in [0.5, 0.6) is 0 Å². The minimum absolute atomic E-state index is 0.274. The Morgan fingerprint density at radius 3 is 1.80 bits per heavy atom. The number of rotatable bonds is 2. The number of hydrogen-bond donors (Lipinski definition) is 0. The van der Waals surface area contributed by atoms with Gasteiger partial charge in [0.25, 0.3) is 0 Å². The summed E-state index contributed by atoms with van der Waals surface area (Å²) >= 11 is 0. The van der Waals surface area contributed by atoms with Crippen LogP contribution in [0.3, 0.4) is 0 Å². The quantitative estimate of drug-likeness (QED) is 0.550. The Balaban J connectivity index is 4.95. The van der Waals surface area contributed by atoms with Gasteiger partial charge in [-0.05, 0) is 0 Å². The molecule has 58 valence electrons. The molecule has 0 bridgehead atoms. The monoisotopic (exact) mass is 171 g/mol. The minimum atomic E-state index is -4.65. The van der Waals surface area contributed by atoms with E-state index >= 15 is 0 Å². The number of ketones is 1. The standard InChI is InChI=1S/C4H5F2O3S/c1-3(7)4(5,6)10(2,8)9/h1H2,2H3/q+1. The molecule has 0 unspecified atom stereocenters. The maximum absolute atomic E-state index is 12.1. The molecular formula is C4H5F2O3S+. The summed E-state index contributed by atoms with van der Waals surface area (Å²) in [4.78, 5) is 9.87. The summed E-state index contributed by atoms with van der Waals surface area (Å²) in [5.41, 5.74) is 0. The minimum Gasteiger partial charge on any atom is -0.235 e. The van der Waals surface area contributed by atoms with Gasteiger partial charge >= 0.3 is 11.0 Å². The van der Waals surface area contributed by atoms with Gasteiger partial charge < -0.3 is 0 Å². The zero-order chi connectivity index (χ0) is 8.58. The van der Waals surface area contributed by atoms with Crippen molar-refractivity contribution in [2.75, 3.05) is 6.26 Å². The second-order valence-electron chi connectivity index (χ2n) is 1.71. The molecular weight excluding hydrogens is 166 g/mol. The average Bonchev–Trinajstić information content (AvgIpc) is 1.62. The first kappa shape index (κ1) is 9.35. The molecule has 0 radical (unpaired) electrons. The van der Waals surface area contributed by atoms with E-state index in [0.717, 1.165) is 0 Å². The summed E-state index contributed by atoms with van der Waals surface area (Å²) in [6.45, 7) is 2.31. The van der Waals surface area contributed by atoms with Gasteiger partial charge in [0.2, 0.25) is 9.84 Å². The summed E-state index contributed by atoms with van der Waals surface area (Å²) < 4.78 is 44.3. The van der Waals surface area contributed by atoms with Crippen LogP contribution in [-0.4, -0.2) is 25.7 Å². The zero-order valence-electron chi connectivity index (χ0n) is 5.10. The van der Waals surface area contributed by atoms with Gasteiger partial charge in [-0.1, -0.05) is 0 Å². The van der Waals surface area contributed by atoms with E-state index in [1.165, 1.54) is 0 Å². The molecule has 0 saturated heterocycles. The van der Waals surface area contributed by atoms with Gasteiger partial charge in [0, 0.05) is 6.26 Å². The van der Waals surface area contributed by atoms with Crippen molar-refractivity contribution >= 4 is 15.6 Å². The molecule has 0 aromatic heterocycles. The first-order valence-electron chi connectivity index (χ1n) is 2.13. The Morgan fingerprint density at radius 1 is 1.50 bits per heavy atom. The highest BCUT2D eigenvalue weighted by Crippen LogP contribution is 2.20. The Hall–Kier alpha value is -0.650. The van der Waals surface area contributed by atoms with Crippen molar-refractivity contribution in [1.82, 2.24) is 0 Å². The second kappa shape index (κ2) is 2.19. The maximum Gasteiger partial charge on any atom is 0.446 e. The molecule has 0 aliphatic heterocycles. The maximum atomic E-state index is 12.1. The van der Waals surface area contributed by atoms with Crippen molar-refractivity contribution in [2.24, 2.45) is 0 Å². The first-order chi connectivity index (χ1) is 4.19. The zero-order valence-corrected chi connectivity index (χ0v) is 5.91. The van der Waals surface area contributed by atoms with E-state index in [9.17, 15) is 22.0 Å². The number of alkyl halides is 2. The van der Waals surface area contributed by atoms with Crippen molar-refractivity contribution in [2.45, 2.75) is 5.25 Å². The summed E-state index contributed by atoms with van der Waals surface area (Å²) in [6, 6.07) is 0. The fourth-order valence-electron chi connectivity index (χ4n) is 0.207. The predicted octanol–water partition coefficient (Wildman–Crippen LogP) is 0.0270. The van der Waals surface area contributed by atoms with Crippen molar-refractivity contribution in [3.05, 3.63) is 6.92 Å². The number of sulfone groups is 1. The molecule has 0 aromatic rings. The van der Waals surface area contributed by atoms with Crippen molar-refractivity contribution in [3.8, 4) is 0 Å². The van der Waals surface area contributed by atoms with Crippen LogP contribution in [0, 0.1) is 6.92 Å². The third kappa shape index (κ3) is 1.44. The van der Waals surface area contributed by atoms with Gasteiger partial charge in [-0.2, -0.15) is 8.78 Å². The fraction of sp³-hybridized carbons (Fsp3) is 0.500. The van der Waals surface area contributed by atoms with Crippen LogP contribution in [0.25, 0.3) is 0 Å². The van der Waals surface area contributed by atoms with Crippen molar-refractivity contribution in [3.63, 3.8) is 0 Å². The molecule has 3 nitrogen and oxygen atoms in total. The Bertz CT molecular complexity index is 241. The van der Waals surface area contributed by atoms with Crippen LogP contribution in [0.2, 0.25) is 0 Å². The lowest BCUT2D eigenvalue weighted by molar-refractivity contribution is -0.128. The van der Waals surface area contributed by atoms with E-state index in [4.69, 9.17) is 0 Å². The lowest BCUT2D eigenvalue weighted by Crippen LogP contribution is -2.35. The normalized spacial score (nSPS) is 13.1. The summed E-state index contributed by atoms with van der Waals surface area (Å²) in [5.74, 6) is -1.91. The largest absolute Gasteiger partial charge is 0.446 e. The van der Waals surface area contributed by atoms with Crippen LogP contribution < -0.4 is 0 Å². The molecule has 0 spiro atoms. The highest BCUT2D eigenvalue weighted by Gasteiger charge is 2.51. The molecule has 0 amide bonds. The average molecular weight is 171 g/mol. The number of hydrogen-bond acceptors (Lipinski definition) is 3. The van der Waals surface area contributed by atoms with E-state index in [1.54, 1.807) is 0 Å². The summed E-state index contributed by atoms with van der Waals surface area (Å²) in [7, 11) is -4.65. The lowest BCUT2D eigenvalue weighted by Gasteiger charge is -2.03. The van der Waals surface area contributed by atoms with Crippen molar-refractivity contribution < 1.29 is 22.0 Å². The topological polar surface area (TPSA) is 51.2 Å². The van der Waals surface area contributed by atoms with Gasteiger partial charge in [-0.25, -0.2) is 13.2 Å².